The van der Waals surface area contributed by atoms with Gasteiger partial charge in [0.15, 0.2) is 6.04 Å². The Kier molecular flexibility index (Phi) is 25.9. The Morgan fingerprint density at radius 1 is 0.640 bits per heavy atom. The van der Waals surface area contributed by atoms with Crippen LogP contribution in [0.5, 0.6) is 0 Å². The highest BCUT2D eigenvalue weighted by molar-refractivity contribution is 7.90. The number of amides is 5. The standard InChI is InChI=1S/C54H73N9O10S.ClH/c1-8-36(5)46(53(69)73-33-41-23-16-11-17-24-41)61-52(68)47(38(7)72-32-40-21-14-10-15-22-40)62-51(67)45(34(2)3)60-50(66)44(31-39-19-12-9-13-20-39)59-48(64)37(6)58-49(65)43(55)25-18-30-57-54(56)63-74(70,71)42-28-26-35(4)27-29-42;/h9-17,19-24,26-29,34,36-38,43-47H,8,18,25,30-33,55H2,1-7H3,(H,58,65)(H,59,64)(H,60,66)(H,61,68)(H,62,67)(H3,56,57,63);1H/t36-,37-,38+,43-,44-,45-,46-,47-;/m0./s1. The van der Waals surface area contributed by atoms with Gasteiger partial charge in [-0.3, -0.25) is 29.0 Å². The summed E-state index contributed by atoms with van der Waals surface area (Å²) in [6.07, 6.45) is 0.129. The van der Waals surface area contributed by atoms with Gasteiger partial charge in [0.2, 0.25) is 29.6 Å². The van der Waals surface area contributed by atoms with Gasteiger partial charge in [0.05, 0.1) is 17.6 Å². The number of esters is 1. The maximum atomic E-state index is 14.4. The second kappa shape index (κ2) is 31.1. The molecular formula is C54H74ClN9O10S. The first-order valence-corrected chi connectivity index (χ1v) is 26.3. The number of halogens is 1. The van der Waals surface area contributed by atoms with Gasteiger partial charge in [-0.05, 0) is 67.9 Å². The first-order chi connectivity index (χ1) is 35.2. The average molecular weight is 1080 g/mol. The fourth-order valence-corrected chi connectivity index (χ4v) is 8.38. The molecule has 0 saturated heterocycles. The van der Waals surface area contributed by atoms with E-state index in [1.54, 1.807) is 63.2 Å². The van der Waals surface area contributed by atoms with Gasteiger partial charge in [-0.25, -0.2) is 17.9 Å². The molecule has 0 aliphatic heterocycles. The monoisotopic (exact) mass is 1080 g/mol. The van der Waals surface area contributed by atoms with Crippen molar-refractivity contribution in [3.05, 3.63) is 138 Å². The quantitative estimate of drug-likeness (QED) is 0.0159. The number of hydrogen-bond donors (Lipinski definition) is 8. The normalized spacial score (nSPS) is 14.7. The minimum absolute atomic E-state index is 0. The van der Waals surface area contributed by atoms with E-state index in [1.165, 1.54) is 19.1 Å². The number of benzene rings is 4. The molecular weight excluding hydrogens is 1000 g/mol. The fraction of sp³-hybridized carbons (Fsp3) is 0.426. The molecule has 0 heterocycles. The first kappa shape index (κ1) is 62.4. The molecule has 75 heavy (non-hydrogen) atoms. The van der Waals surface area contributed by atoms with E-state index >= 15 is 0 Å². The molecule has 0 aliphatic carbocycles. The van der Waals surface area contributed by atoms with Crippen molar-refractivity contribution in [3.8, 4) is 0 Å². The number of hydrogen-bond acceptors (Lipinski definition) is 11. The zero-order chi connectivity index (χ0) is 54.4. The van der Waals surface area contributed by atoms with Crippen LogP contribution in [-0.4, -0.2) is 98.8 Å². The summed E-state index contributed by atoms with van der Waals surface area (Å²) in [5, 5.41) is 13.8. The molecule has 4 rings (SSSR count). The molecule has 5 amide bonds. The zero-order valence-corrected chi connectivity index (χ0v) is 45.3. The summed E-state index contributed by atoms with van der Waals surface area (Å²) in [7, 11) is -3.94. The van der Waals surface area contributed by atoms with Crippen LogP contribution >= 0.6 is 0 Å². The highest BCUT2D eigenvalue weighted by atomic mass is 35.5. The van der Waals surface area contributed by atoms with Gasteiger partial charge in [-0.15, -0.1) is 0 Å². The number of carbonyl (C=O) groups excluding carboxylic acids is 6. The molecule has 408 valence electrons. The van der Waals surface area contributed by atoms with Crippen molar-refractivity contribution < 1.29 is 64.8 Å². The summed E-state index contributed by atoms with van der Waals surface area (Å²) >= 11 is 0. The van der Waals surface area contributed by atoms with Crippen molar-refractivity contribution in [3.63, 3.8) is 0 Å². The molecule has 4 aromatic carbocycles. The van der Waals surface area contributed by atoms with Gasteiger partial charge in [0, 0.05) is 19.4 Å². The first-order valence-electron chi connectivity index (χ1n) is 24.8. The minimum Gasteiger partial charge on any atom is -1.00 e. The van der Waals surface area contributed by atoms with Gasteiger partial charge in [0.1, 0.15) is 36.8 Å². The van der Waals surface area contributed by atoms with Crippen LogP contribution in [0.25, 0.3) is 0 Å². The molecule has 4 aromatic rings. The molecule has 19 nitrogen and oxygen atoms in total. The molecule has 0 fully saturated rings. The van der Waals surface area contributed by atoms with Crippen molar-refractivity contribution in [2.75, 3.05) is 6.54 Å². The smallest absolute Gasteiger partial charge is 0.329 e. The summed E-state index contributed by atoms with van der Waals surface area (Å²) in [6.45, 7) is 12.2. The predicted octanol–water partition coefficient (Wildman–Crippen LogP) is -0.280. The number of nitrogens with two attached hydrogens (primary N) is 1. The molecule has 0 bridgehead atoms. The van der Waals surface area contributed by atoms with Crippen LogP contribution in [0.1, 0.15) is 83.1 Å². The van der Waals surface area contributed by atoms with E-state index in [4.69, 9.17) is 15.2 Å². The summed E-state index contributed by atoms with van der Waals surface area (Å²) in [4.78, 5) is 87.6. The second-order valence-electron chi connectivity index (χ2n) is 18.7. The lowest BCUT2D eigenvalue weighted by Crippen LogP contribution is -3.00. The number of nitrogens with one attached hydrogen (secondary N) is 6. The summed E-state index contributed by atoms with van der Waals surface area (Å²) < 4.78 is 39.3. The van der Waals surface area contributed by atoms with Crippen LogP contribution in [-0.2, 0) is 67.9 Å². The number of nitrogens with zero attached hydrogens (tertiary/aromatic N) is 1. The maximum absolute atomic E-state index is 14.4. The van der Waals surface area contributed by atoms with Crippen molar-refractivity contribution in [2.24, 2.45) is 22.6 Å². The molecule has 21 heteroatoms. The lowest BCUT2D eigenvalue weighted by atomic mass is 9.97. The number of aliphatic imine (C=N–C) groups is 1. The number of rotatable bonds is 28. The zero-order valence-electron chi connectivity index (χ0n) is 43.7. The lowest BCUT2D eigenvalue weighted by molar-refractivity contribution is -0.405. The Morgan fingerprint density at radius 3 is 1.72 bits per heavy atom. The van der Waals surface area contributed by atoms with Crippen molar-refractivity contribution >= 4 is 51.5 Å². The topological polar surface area (TPSA) is 293 Å². The largest absolute Gasteiger partial charge is 1.00 e. The van der Waals surface area contributed by atoms with E-state index in [9.17, 15) is 37.2 Å². The molecule has 0 aromatic heterocycles. The number of sulfonamides is 1. The Bertz CT molecular complexity index is 2600. The molecule has 0 unspecified atom stereocenters. The minimum atomic E-state index is -3.94. The summed E-state index contributed by atoms with van der Waals surface area (Å²) in [6, 6.07) is 26.7. The van der Waals surface area contributed by atoms with Crippen LogP contribution in [0.4, 0.5) is 0 Å². The average Bonchev–Trinajstić information content (AvgIpc) is 3.38. The van der Waals surface area contributed by atoms with E-state index in [0.717, 1.165) is 16.7 Å². The van der Waals surface area contributed by atoms with Gasteiger partial charge >= 0.3 is 5.97 Å². The van der Waals surface area contributed by atoms with Crippen LogP contribution in [0, 0.1) is 18.8 Å². The van der Waals surface area contributed by atoms with E-state index in [1.807, 2.05) is 81.4 Å². The molecule has 8 atom stereocenters. The third-order valence-corrected chi connectivity index (χ3v) is 13.6. The number of aryl methyl sites for hydroxylation is 1. The van der Waals surface area contributed by atoms with Crippen LogP contribution in [0.3, 0.4) is 0 Å². The summed E-state index contributed by atoms with van der Waals surface area (Å²) in [5.74, 6) is -5.22. The maximum Gasteiger partial charge on any atom is 0.329 e. The Balaban J connectivity index is 0.0000148. The second-order valence-corrected chi connectivity index (χ2v) is 20.4. The van der Waals surface area contributed by atoms with Crippen LogP contribution < -0.4 is 55.2 Å². The van der Waals surface area contributed by atoms with Crippen molar-refractivity contribution in [1.82, 2.24) is 31.3 Å². The van der Waals surface area contributed by atoms with Gasteiger partial charge < -0.3 is 59.9 Å². The fourth-order valence-electron chi connectivity index (χ4n) is 7.42. The predicted molar refractivity (Wildman–Crippen MR) is 281 cm³/mol. The van der Waals surface area contributed by atoms with E-state index < -0.39 is 93.8 Å². The molecule has 0 radical (unpaired) electrons. The highest BCUT2D eigenvalue weighted by Gasteiger charge is 2.37. The molecule has 0 aliphatic rings. The van der Waals surface area contributed by atoms with E-state index in [0.29, 0.717) is 18.4 Å². The van der Waals surface area contributed by atoms with Gasteiger partial charge in [-0.2, -0.15) is 0 Å². The van der Waals surface area contributed by atoms with Gasteiger partial charge in [-0.1, -0.05) is 143 Å². The Hall–Kier alpha value is -6.87. The molecule has 0 saturated carbocycles. The number of carbonyl (C=O) groups is 6. The van der Waals surface area contributed by atoms with Crippen LogP contribution in [0.15, 0.2) is 125 Å². The van der Waals surface area contributed by atoms with Crippen molar-refractivity contribution in [1.29, 1.82) is 0 Å². The third kappa shape index (κ3) is 20.8. The van der Waals surface area contributed by atoms with Crippen molar-refractivity contribution in [2.45, 2.75) is 135 Å². The lowest BCUT2D eigenvalue weighted by Gasteiger charge is -2.31. The molecule has 11 N–H and O–H groups in total. The molecule has 0 spiro atoms. The Morgan fingerprint density at radius 2 is 1.16 bits per heavy atom. The van der Waals surface area contributed by atoms with Gasteiger partial charge in [0.25, 0.3) is 15.9 Å². The number of ether oxygens (including phenoxy) is 2. The third-order valence-electron chi connectivity index (χ3n) is 12.2. The van der Waals surface area contributed by atoms with Crippen LogP contribution in [0.2, 0.25) is 0 Å². The van der Waals surface area contributed by atoms with E-state index in [2.05, 4.69) is 42.0 Å². The van der Waals surface area contributed by atoms with E-state index in [-0.39, 0.29) is 61.8 Å². The highest BCUT2D eigenvalue weighted by Crippen LogP contribution is 2.16. The SMILES string of the molecule is CC[C@H](C)[C@H](NC(=O)[C@@H](NC(=O)[C@@H](NC(=O)[C@H](Cc1ccccc1)NC(=O)[C@H](C)NC(=O)[C@@H]([NH3+])CCCN=C(N)NS(=O)(=O)c1ccc(C)cc1)C(C)C)[C@@H](C)OCc1ccccc1)C(=O)OCc1ccccc1.[Cl-]. The number of quaternary nitrogens is 1. The Labute approximate surface area is 447 Å². The summed E-state index contributed by atoms with van der Waals surface area (Å²) in [5.41, 5.74) is 12.9. The number of guanidine groups is 1.